The van der Waals surface area contributed by atoms with Crippen LogP contribution in [0.4, 0.5) is 40.9 Å². The Morgan fingerprint density at radius 1 is 1.02 bits per heavy atom. The van der Waals surface area contributed by atoms with E-state index in [1.807, 2.05) is 0 Å². The van der Waals surface area contributed by atoms with E-state index in [-0.39, 0.29) is 45.0 Å². The third kappa shape index (κ3) is 7.32. The minimum Gasteiger partial charge on any atom is -0.344 e. The first-order valence-corrected chi connectivity index (χ1v) is 19.9. The van der Waals surface area contributed by atoms with E-state index < -0.39 is 117 Å². The topological polar surface area (TPSA) is 172 Å². The van der Waals surface area contributed by atoms with Crippen LogP contribution in [0.25, 0.3) is 28.1 Å². The molecule has 6 aromatic rings. The molecule has 0 spiro atoms. The third-order valence-electron chi connectivity index (χ3n) is 9.98. The highest BCUT2D eigenvalue weighted by Crippen LogP contribution is 2.68. The number of nitrogens with zero attached hydrogens (tertiary/aromatic N) is 8. The Balaban J connectivity index is 1.33. The smallest absolute Gasteiger partial charge is 0.293 e. The second-order valence-electron chi connectivity index (χ2n) is 14.2. The molecule has 4 aromatic heterocycles. The van der Waals surface area contributed by atoms with E-state index in [9.17, 15) is 44.3 Å². The lowest BCUT2D eigenvalue weighted by Crippen LogP contribution is -2.38. The summed E-state index contributed by atoms with van der Waals surface area (Å²) in [6, 6.07) is 4.96. The van der Waals surface area contributed by atoms with Gasteiger partial charge in [-0.1, -0.05) is 11.6 Å². The Kier molecular flexibility index (Phi) is 9.95. The lowest BCUT2D eigenvalue weighted by Gasteiger charge is -2.24. The summed E-state index contributed by atoms with van der Waals surface area (Å²) in [5.74, 6) is -10.3. The quantitative estimate of drug-likeness (QED) is 0.135. The van der Waals surface area contributed by atoms with Crippen molar-refractivity contribution in [2.45, 2.75) is 50.1 Å². The molecule has 8 rings (SSSR count). The highest BCUT2D eigenvalue weighted by atomic mass is 35.5. The zero-order valence-corrected chi connectivity index (χ0v) is 32.2. The number of benzene rings is 2. The Labute approximate surface area is 337 Å². The number of carbonyl (C=O) groups is 1. The van der Waals surface area contributed by atoms with Crippen LogP contribution in [0.5, 0.6) is 0 Å². The maximum absolute atomic E-state index is 15.4. The summed E-state index contributed by atoms with van der Waals surface area (Å²) in [7, 11) is -2.59. The maximum Gasteiger partial charge on any atom is 0.293 e. The van der Waals surface area contributed by atoms with Crippen molar-refractivity contribution in [1.29, 1.82) is 0 Å². The number of nitrogens with one attached hydrogen (secondary N) is 2. The number of sulfonamides is 1. The summed E-state index contributed by atoms with van der Waals surface area (Å²) in [6.45, 7) is -1.07. The second kappa shape index (κ2) is 14.6. The van der Waals surface area contributed by atoms with Crippen LogP contribution in [0.1, 0.15) is 65.3 Å². The van der Waals surface area contributed by atoms with E-state index in [1.54, 1.807) is 0 Å². The predicted octanol–water partition coefficient (Wildman–Crippen LogP) is 6.26. The minimum absolute atomic E-state index is 0.00296. The van der Waals surface area contributed by atoms with Crippen LogP contribution in [-0.4, -0.2) is 59.7 Å². The zero-order chi connectivity index (χ0) is 43.2. The molecule has 0 radical (unpaired) electrons. The number of fused-ring (bicyclic) bond motifs is 4. The van der Waals surface area contributed by atoms with E-state index in [1.165, 1.54) is 19.2 Å². The Morgan fingerprint density at radius 2 is 1.73 bits per heavy atom. The number of hydrogen-bond donors (Lipinski definition) is 2. The van der Waals surface area contributed by atoms with Gasteiger partial charge < -0.3 is 5.32 Å². The molecule has 314 valence electrons. The molecule has 1 saturated carbocycles. The maximum atomic E-state index is 15.4. The summed E-state index contributed by atoms with van der Waals surface area (Å²) in [5, 5.41) is 10.3. The number of carbonyl (C=O) groups excluding carboxylic acids is 1. The summed E-state index contributed by atoms with van der Waals surface area (Å²) in [6.07, 6.45) is -5.17. The molecule has 0 unspecified atom stereocenters. The molecule has 60 heavy (non-hydrogen) atoms. The highest BCUT2D eigenvalue weighted by Gasteiger charge is 2.67. The van der Waals surface area contributed by atoms with Crippen molar-refractivity contribution in [2.24, 2.45) is 13.0 Å². The van der Waals surface area contributed by atoms with Crippen molar-refractivity contribution in [2.75, 3.05) is 11.0 Å². The van der Waals surface area contributed by atoms with Crippen molar-refractivity contribution in [3.05, 3.63) is 110 Å². The fourth-order valence-corrected chi connectivity index (χ4v) is 8.35. The lowest BCUT2D eigenvalue weighted by atomic mass is 10.0. The molecule has 3 atom stereocenters. The average Bonchev–Trinajstić information content (AvgIpc) is 3.69. The first-order valence-electron chi connectivity index (χ1n) is 17.6. The number of aryl methyl sites for hydroxylation is 1. The molecule has 2 aliphatic rings. The molecule has 0 saturated heterocycles. The van der Waals surface area contributed by atoms with Gasteiger partial charge in [0.15, 0.2) is 11.6 Å². The Morgan fingerprint density at radius 3 is 2.40 bits per heavy atom. The third-order valence-corrected chi connectivity index (χ3v) is 10.9. The van der Waals surface area contributed by atoms with Gasteiger partial charge in [-0.2, -0.15) is 19.0 Å². The van der Waals surface area contributed by atoms with Gasteiger partial charge in [0.25, 0.3) is 24.3 Å². The molecule has 1 amide bonds. The van der Waals surface area contributed by atoms with Crippen LogP contribution >= 0.6 is 11.6 Å². The summed E-state index contributed by atoms with van der Waals surface area (Å²) < 4.78 is 145. The van der Waals surface area contributed by atoms with Crippen LogP contribution in [0, 0.1) is 17.6 Å². The number of hydrogen-bond acceptors (Lipinski definition) is 9. The predicted molar refractivity (Wildman–Crippen MR) is 196 cm³/mol. The first-order chi connectivity index (χ1) is 28.2. The lowest BCUT2D eigenvalue weighted by molar-refractivity contribution is -0.123. The molecule has 2 N–H and O–H groups in total. The largest absolute Gasteiger partial charge is 0.344 e. The Bertz CT molecular complexity index is 2900. The van der Waals surface area contributed by atoms with Crippen LogP contribution < -0.4 is 15.6 Å². The van der Waals surface area contributed by atoms with Gasteiger partial charge >= 0.3 is 0 Å². The molecular formula is C36H27ClF8N10O4S. The van der Waals surface area contributed by atoms with Gasteiger partial charge in [0, 0.05) is 43.3 Å². The number of halogens is 9. The van der Waals surface area contributed by atoms with Gasteiger partial charge in [-0.05, 0) is 48.2 Å². The number of amides is 1. The summed E-state index contributed by atoms with van der Waals surface area (Å²) in [4.78, 5) is 40.7. The van der Waals surface area contributed by atoms with Gasteiger partial charge in [0.1, 0.15) is 46.8 Å². The summed E-state index contributed by atoms with van der Waals surface area (Å²) >= 11 is 6.52. The van der Waals surface area contributed by atoms with Crippen molar-refractivity contribution in [3.63, 3.8) is 0 Å². The molecule has 0 bridgehead atoms. The zero-order valence-electron chi connectivity index (χ0n) is 30.6. The standard InChI is InChI=1S/C36H27ClF8N10O4S/c1-53-29-23(4-3-19(37)27(29)34(51-53)52-60(2,58)59)55-25(57)12-21(33-46-6-5-20(48-33)31(40)41)49-35(55)22(9-14-7-15(38)10-16(39)8-14)47-24(56)13-54-30-26(28(50-54)32(42)43)17-11-18(17)36(30,44)45/h3-8,10,12,17-18,22,31-32H,9,11,13H2,1-2H3,(H,47,56)(H,51,52)/t17-,18+,22-/m0/s1. The first kappa shape index (κ1) is 40.8. The second-order valence-corrected chi connectivity index (χ2v) is 16.4. The SMILES string of the molecule is Cn1nc(NS(C)(=O)=O)c2c(Cl)ccc(-n3c([C@H](Cc4cc(F)cc(F)c4)NC(=O)Cn4nc(C(F)F)c5c4C(F)(F)[C@@H]4C[C@H]54)nc(-c4nccc(C(F)F)n4)cc3=O)c21. The molecule has 2 aromatic carbocycles. The molecule has 4 heterocycles. The van der Waals surface area contributed by atoms with Crippen LogP contribution in [-0.2, 0) is 40.8 Å². The minimum atomic E-state index is -3.96. The molecule has 24 heteroatoms. The van der Waals surface area contributed by atoms with Crippen LogP contribution in [0.3, 0.4) is 0 Å². The van der Waals surface area contributed by atoms with Crippen molar-refractivity contribution >= 4 is 44.3 Å². The van der Waals surface area contributed by atoms with Crippen LogP contribution in [0.15, 0.2) is 53.5 Å². The van der Waals surface area contributed by atoms with Gasteiger partial charge in [0.2, 0.25) is 15.9 Å². The monoisotopic (exact) mass is 882 g/mol. The van der Waals surface area contributed by atoms with Crippen molar-refractivity contribution < 1.29 is 48.3 Å². The molecule has 1 fully saturated rings. The number of alkyl halides is 6. The molecule has 2 aliphatic carbocycles. The fraction of sp³-hybridized carbons (Fsp3) is 0.306. The van der Waals surface area contributed by atoms with E-state index in [0.717, 1.165) is 46.0 Å². The van der Waals surface area contributed by atoms with Crippen molar-refractivity contribution in [3.8, 4) is 17.2 Å². The highest BCUT2D eigenvalue weighted by molar-refractivity contribution is 7.92. The van der Waals surface area contributed by atoms with Gasteiger partial charge in [-0.25, -0.2) is 49.7 Å². The van der Waals surface area contributed by atoms with Crippen molar-refractivity contribution in [1.82, 2.24) is 44.4 Å². The van der Waals surface area contributed by atoms with E-state index >= 15 is 8.78 Å². The molecule has 14 nitrogen and oxygen atoms in total. The van der Waals surface area contributed by atoms with Crippen LogP contribution in [0.2, 0.25) is 5.02 Å². The number of rotatable bonds is 12. The summed E-state index contributed by atoms with van der Waals surface area (Å²) in [5.41, 5.74) is -4.57. The van der Waals surface area contributed by atoms with E-state index in [4.69, 9.17) is 11.6 Å². The normalized spacial score (nSPS) is 17.3. The Hall–Kier alpha value is -5.97. The van der Waals surface area contributed by atoms with E-state index in [0.29, 0.717) is 10.7 Å². The fourth-order valence-electron chi connectivity index (χ4n) is 7.62. The van der Waals surface area contributed by atoms with E-state index in [2.05, 4.69) is 35.2 Å². The van der Waals surface area contributed by atoms with Gasteiger partial charge in [-0.3, -0.25) is 28.2 Å². The number of aromatic nitrogens is 8. The van der Waals surface area contributed by atoms with Gasteiger partial charge in [0.05, 0.1) is 33.9 Å². The molecule has 0 aliphatic heterocycles. The van der Waals surface area contributed by atoms with Gasteiger partial charge in [-0.15, -0.1) is 0 Å². The molecular weight excluding hydrogens is 856 g/mol. The average molecular weight is 883 g/mol. The number of anilines is 1.